The zero-order chi connectivity index (χ0) is 17.1. The Labute approximate surface area is 151 Å². The number of nitrogens with zero attached hydrogens (tertiary/aromatic N) is 2. The number of likely N-dealkylation sites (tertiary alicyclic amines) is 1. The molecule has 0 unspecified atom stereocenters. The van der Waals surface area contributed by atoms with Gasteiger partial charge in [-0.25, -0.2) is 0 Å². The number of pyridine rings is 1. The lowest BCUT2D eigenvalue weighted by Gasteiger charge is -2.30. The number of piperidine rings is 1. The lowest BCUT2D eigenvalue weighted by molar-refractivity contribution is 0.0691. The molecule has 3 rings (SSSR count). The molecule has 2 heterocycles. The second-order valence-corrected chi connectivity index (χ2v) is 6.92. The van der Waals surface area contributed by atoms with Crippen LogP contribution in [0.4, 0.5) is 11.4 Å². The number of nitrogens with one attached hydrogen (secondary N) is 1. The van der Waals surface area contributed by atoms with E-state index in [1.807, 2.05) is 17.0 Å². The Balaban J connectivity index is 1.76. The molecule has 0 aliphatic carbocycles. The summed E-state index contributed by atoms with van der Waals surface area (Å²) in [4.78, 5) is 18.7. The van der Waals surface area contributed by atoms with E-state index >= 15 is 0 Å². The van der Waals surface area contributed by atoms with Gasteiger partial charge in [0.1, 0.15) is 5.69 Å². The Morgan fingerprint density at radius 1 is 1.25 bits per heavy atom. The maximum Gasteiger partial charge on any atom is 0.272 e. The van der Waals surface area contributed by atoms with E-state index in [-0.39, 0.29) is 5.91 Å². The molecule has 126 valence electrons. The van der Waals surface area contributed by atoms with Gasteiger partial charge in [-0.3, -0.25) is 9.78 Å². The molecule has 0 radical (unpaired) electrons. The van der Waals surface area contributed by atoms with Gasteiger partial charge in [0.25, 0.3) is 5.91 Å². The molecule has 1 fully saturated rings. The normalized spacial score (nSPS) is 15.4. The van der Waals surface area contributed by atoms with Crippen LogP contribution in [0, 0.1) is 5.92 Å². The van der Waals surface area contributed by atoms with E-state index in [4.69, 9.17) is 23.2 Å². The van der Waals surface area contributed by atoms with Gasteiger partial charge in [-0.15, -0.1) is 0 Å². The molecule has 0 spiro atoms. The van der Waals surface area contributed by atoms with Crippen LogP contribution in [0.15, 0.2) is 36.5 Å². The standard InChI is InChI=1S/C18H19Cl2N3O/c1-12-6-9-23(10-7-12)18(24)16-11-13(5-8-21-16)22-15-4-2-3-14(19)17(15)20/h2-5,8,11-12H,6-7,9-10H2,1H3,(H,21,22). The monoisotopic (exact) mass is 363 g/mol. The van der Waals surface area contributed by atoms with Crippen molar-refractivity contribution < 1.29 is 4.79 Å². The fourth-order valence-electron chi connectivity index (χ4n) is 2.75. The predicted octanol–water partition coefficient (Wildman–Crippen LogP) is 5.00. The molecule has 1 aromatic carbocycles. The lowest BCUT2D eigenvalue weighted by Crippen LogP contribution is -2.38. The van der Waals surface area contributed by atoms with E-state index < -0.39 is 0 Å². The van der Waals surface area contributed by atoms with E-state index in [9.17, 15) is 4.79 Å². The Kier molecular flexibility index (Phi) is 5.27. The molecule has 6 heteroatoms. The molecular weight excluding hydrogens is 345 g/mol. The fourth-order valence-corrected chi connectivity index (χ4v) is 3.10. The van der Waals surface area contributed by atoms with E-state index in [0.29, 0.717) is 27.3 Å². The van der Waals surface area contributed by atoms with Crippen molar-refractivity contribution >= 4 is 40.5 Å². The van der Waals surface area contributed by atoms with Gasteiger partial charge in [-0.05, 0) is 43.0 Å². The van der Waals surface area contributed by atoms with Gasteiger partial charge in [0, 0.05) is 25.0 Å². The second-order valence-electron chi connectivity index (χ2n) is 6.13. The van der Waals surface area contributed by atoms with Crippen LogP contribution >= 0.6 is 23.2 Å². The third-order valence-corrected chi connectivity index (χ3v) is 5.10. The molecule has 1 amide bonds. The molecule has 0 bridgehead atoms. The summed E-state index contributed by atoms with van der Waals surface area (Å²) in [7, 11) is 0. The van der Waals surface area contributed by atoms with Crippen LogP contribution in [0.2, 0.25) is 10.0 Å². The minimum Gasteiger partial charge on any atom is -0.354 e. The summed E-state index contributed by atoms with van der Waals surface area (Å²) >= 11 is 12.2. The molecule has 1 saturated heterocycles. The minimum atomic E-state index is -0.0252. The van der Waals surface area contributed by atoms with Crippen LogP contribution in [0.25, 0.3) is 0 Å². The SMILES string of the molecule is CC1CCN(C(=O)c2cc(Nc3cccc(Cl)c3Cl)ccn2)CC1. The minimum absolute atomic E-state index is 0.0252. The molecule has 1 aliphatic rings. The van der Waals surface area contributed by atoms with Crippen LogP contribution in [-0.4, -0.2) is 28.9 Å². The predicted molar refractivity (Wildman–Crippen MR) is 98.3 cm³/mol. The molecule has 4 nitrogen and oxygen atoms in total. The average molecular weight is 364 g/mol. The smallest absolute Gasteiger partial charge is 0.272 e. The number of anilines is 2. The number of halogens is 2. The van der Waals surface area contributed by atoms with Gasteiger partial charge in [0.15, 0.2) is 0 Å². The summed E-state index contributed by atoms with van der Waals surface area (Å²) < 4.78 is 0. The van der Waals surface area contributed by atoms with Gasteiger partial charge < -0.3 is 10.2 Å². The maximum absolute atomic E-state index is 12.6. The first-order valence-electron chi connectivity index (χ1n) is 8.01. The molecule has 1 aromatic heterocycles. The van der Waals surface area contributed by atoms with E-state index in [1.165, 1.54) is 0 Å². The largest absolute Gasteiger partial charge is 0.354 e. The van der Waals surface area contributed by atoms with Crippen molar-refractivity contribution in [1.29, 1.82) is 0 Å². The topological polar surface area (TPSA) is 45.2 Å². The Hall–Kier alpha value is -1.78. The summed E-state index contributed by atoms with van der Waals surface area (Å²) in [5.41, 5.74) is 1.89. The Bertz CT molecular complexity index is 743. The number of rotatable bonds is 3. The maximum atomic E-state index is 12.6. The number of benzene rings is 1. The molecule has 1 N–H and O–H groups in total. The third kappa shape index (κ3) is 3.82. The van der Waals surface area contributed by atoms with E-state index in [0.717, 1.165) is 31.6 Å². The molecule has 0 atom stereocenters. The van der Waals surface area contributed by atoms with E-state index in [1.54, 1.807) is 24.4 Å². The van der Waals surface area contributed by atoms with Gasteiger partial charge in [-0.1, -0.05) is 36.2 Å². The molecule has 24 heavy (non-hydrogen) atoms. The fraction of sp³-hybridized carbons (Fsp3) is 0.333. The van der Waals surface area contributed by atoms with Crippen molar-refractivity contribution in [2.24, 2.45) is 5.92 Å². The Morgan fingerprint density at radius 3 is 2.75 bits per heavy atom. The van der Waals surface area contributed by atoms with Crippen LogP contribution in [0.5, 0.6) is 0 Å². The first-order chi connectivity index (χ1) is 11.5. The van der Waals surface area contributed by atoms with Crippen molar-refractivity contribution in [2.75, 3.05) is 18.4 Å². The Morgan fingerprint density at radius 2 is 2.00 bits per heavy atom. The van der Waals surface area contributed by atoms with Gasteiger partial charge >= 0.3 is 0 Å². The third-order valence-electron chi connectivity index (χ3n) is 4.28. The summed E-state index contributed by atoms with van der Waals surface area (Å²) in [5, 5.41) is 4.12. The van der Waals surface area contributed by atoms with Crippen molar-refractivity contribution in [3.8, 4) is 0 Å². The van der Waals surface area contributed by atoms with Crippen molar-refractivity contribution in [3.63, 3.8) is 0 Å². The number of amides is 1. The van der Waals surface area contributed by atoms with Crippen LogP contribution < -0.4 is 5.32 Å². The van der Waals surface area contributed by atoms with Crippen molar-refractivity contribution in [3.05, 3.63) is 52.3 Å². The highest BCUT2D eigenvalue weighted by atomic mass is 35.5. The highest BCUT2D eigenvalue weighted by Crippen LogP contribution is 2.31. The molecular formula is C18H19Cl2N3O. The van der Waals surface area contributed by atoms with Gasteiger partial charge in [-0.2, -0.15) is 0 Å². The summed E-state index contributed by atoms with van der Waals surface area (Å²) in [6.07, 6.45) is 3.71. The number of carbonyl (C=O) groups excluding carboxylic acids is 1. The number of aromatic nitrogens is 1. The number of hydrogen-bond donors (Lipinski definition) is 1. The zero-order valence-corrected chi connectivity index (χ0v) is 14.9. The zero-order valence-electron chi connectivity index (χ0n) is 13.4. The molecule has 1 aliphatic heterocycles. The van der Waals surface area contributed by atoms with Gasteiger partial charge in [0.05, 0.1) is 15.7 Å². The summed E-state index contributed by atoms with van der Waals surface area (Å²) in [6, 6.07) is 8.93. The molecule has 0 saturated carbocycles. The van der Waals surface area contributed by atoms with Gasteiger partial charge in [0.2, 0.25) is 0 Å². The second kappa shape index (κ2) is 7.41. The summed E-state index contributed by atoms with van der Waals surface area (Å²) in [5.74, 6) is 0.655. The van der Waals surface area contributed by atoms with E-state index in [2.05, 4.69) is 17.2 Å². The average Bonchev–Trinajstić information content (AvgIpc) is 2.59. The quantitative estimate of drug-likeness (QED) is 0.833. The lowest BCUT2D eigenvalue weighted by atomic mass is 9.99. The van der Waals surface area contributed by atoms with Crippen molar-refractivity contribution in [2.45, 2.75) is 19.8 Å². The van der Waals surface area contributed by atoms with Crippen molar-refractivity contribution in [1.82, 2.24) is 9.88 Å². The first-order valence-corrected chi connectivity index (χ1v) is 8.76. The number of carbonyl (C=O) groups is 1. The summed E-state index contributed by atoms with van der Waals surface area (Å²) in [6.45, 7) is 3.80. The van der Waals surface area contributed by atoms with Crippen LogP contribution in [0.1, 0.15) is 30.3 Å². The highest BCUT2D eigenvalue weighted by Gasteiger charge is 2.22. The molecule has 2 aromatic rings. The first kappa shape index (κ1) is 17.1. The number of hydrogen-bond acceptors (Lipinski definition) is 3. The van der Waals surface area contributed by atoms with Crippen LogP contribution in [0.3, 0.4) is 0 Å². The van der Waals surface area contributed by atoms with Crippen LogP contribution in [-0.2, 0) is 0 Å². The highest BCUT2D eigenvalue weighted by molar-refractivity contribution is 6.43.